The minimum atomic E-state index is -0.0264. The molecule has 102 valence electrons. The number of carbonyl (C=O) groups is 1. The Morgan fingerprint density at radius 1 is 1.26 bits per heavy atom. The lowest BCUT2D eigenvalue weighted by Gasteiger charge is -2.27. The first-order valence-corrected chi connectivity index (χ1v) is 7.08. The van der Waals surface area contributed by atoms with E-state index in [1.807, 2.05) is 18.2 Å². The van der Waals surface area contributed by atoms with E-state index in [2.05, 4.69) is 43.4 Å². The van der Waals surface area contributed by atoms with Gasteiger partial charge in [-0.25, -0.2) is 0 Å². The van der Waals surface area contributed by atoms with Gasteiger partial charge in [-0.15, -0.1) is 0 Å². The van der Waals surface area contributed by atoms with E-state index in [4.69, 9.17) is 0 Å². The lowest BCUT2D eigenvalue weighted by atomic mass is 9.84. The summed E-state index contributed by atoms with van der Waals surface area (Å²) in [6.45, 7) is 5.03. The second-order valence-corrected chi connectivity index (χ2v) is 5.95. The first kappa shape index (κ1) is 13.9. The summed E-state index contributed by atoms with van der Waals surface area (Å²) in [6, 6.07) is 10.4. The molecule has 0 fully saturated rings. The summed E-state index contributed by atoms with van der Waals surface area (Å²) < 4.78 is 0. The largest absolute Gasteiger partial charge is 0.355 e. The van der Waals surface area contributed by atoms with E-state index in [1.165, 1.54) is 5.56 Å². The van der Waals surface area contributed by atoms with Crippen molar-refractivity contribution in [3.05, 3.63) is 48.0 Å². The zero-order valence-electron chi connectivity index (χ0n) is 11.9. The standard InChI is InChI=1S/C17H23NO/c1-17(2,15-11-7-4-8-12-15)13-18-16(19)14-9-5-3-6-10-14/h3-5,7-8,11-12,14H,6,9-10,13H2,1-2H3,(H,18,19)/t14-/m1/s1. The highest BCUT2D eigenvalue weighted by atomic mass is 16.1. The van der Waals surface area contributed by atoms with E-state index in [9.17, 15) is 4.79 Å². The molecule has 1 aromatic carbocycles. The van der Waals surface area contributed by atoms with Crippen LogP contribution in [0, 0.1) is 5.92 Å². The Bertz CT molecular complexity index is 448. The number of amides is 1. The van der Waals surface area contributed by atoms with Gasteiger partial charge in [0.25, 0.3) is 0 Å². The molecule has 2 nitrogen and oxygen atoms in total. The highest BCUT2D eigenvalue weighted by molar-refractivity contribution is 5.79. The van der Waals surface area contributed by atoms with Gasteiger partial charge in [0.05, 0.1) is 0 Å². The van der Waals surface area contributed by atoms with Crippen molar-refractivity contribution in [3.8, 4) is 0 Å². The maximum absolute atomic E-state index is 12.1. The molecule has 0 heterocycles. The van der Waals surface area contributed by atoms with E-state index in [0.29, 0.717) is 6.54 Å². The summed E-state index contributed by atoms with van der Waals surface area (Å²) >= 11 is 0. The highest BCUT2D eigenvalue weighted by Gasteiger charge is 2.24. The zero-order valence-corrected chi connectivity index (χ0v) is 11.9. The molecule has 0 unspecified atom stereocenters. The van der Waals surface area contributed by atoms with Gasteiger partial charge >= 0.3 is 0 Å². The fourth-order valence-electron chi connectivity index (χ4n) is 2.48. The van der Waals surface area contributed by atoms with Crippen molar-refractivity contribution in [2.24, 2.45) is 5.92 Å². The van der Waals surface area contributed by atoms with Gasteiger partial charge in [-0.2, -0.15) is 0 Å². The van der Waals surface area contributed by atoms with E-state index in [1.54, 1.807) is 0 Å². The molecule has 0 bridgehead atoms. The molecule has 0 spiro atoms. The normalized spacial score (nSPS) is 19.2. The molecular weight excluding hydrogens is 234 g/mol. The van der Waals surface area contributed by atoms with Gasteiger partial charge in [-0.1, -0.05) is 56.3 Å². The van der Waals surface area contributed by atoms with Crippen LogP contribution in [-0.2, 0) is 10.2 Å². The predicted octanol–water partition coefficient (Wildman–Crippen LogP) is 3.44. The summed E-state index contributed by atoms with van der Waals surface area (Å²) in [7, 11) is 0. The predicted molar refractivity (Wildman–Crippen MR) is 79.0 cm³/mol. The summed E-state index contributed by atoms with van der Waals surface area (Å²) in [6.07, 6.45) is 7.18. The summed E-state index contributed by atoms with van der Waals surface area (Å²) in [4.78, 5) is 12.1. The van der Waals surface area contributed by atoms with E-state index >= 15 is 0 Å². The fraction of sp³-hybridized carbons (Fsp3) is 0.471. The smallest absolute Gasteiger partial charge is 0.223 e. The van der Waals surface area contributed by atoms with Crippen LogP contribution in [0.15, 0.2) is 42.5 Å². The number of hydrogen-bond acceptors (Lipinski definition) is 1. The molecule has 1 aromatic rings. The quantitative estimate of drug-likeness (QED) is 0.823. The topological polar surface area (TPSA) is 29.1 Å². The van der Waals surface area contributed by atoms with Gasteiger partial charge in [-0.3, -0.25) is 4.79 Å². The molecule has 19 heavy (non-hydrogen) atoms. The van der Waals surface area contributed by atoms with E-state index in [-0.39, 0.29) is 17.2 Å². The Morgan fingerprint density at radius 2 is 2.00 bits per heavy atom. The molecule has 0 saturated carbocycles. The van der Waals surface area contributed by atoms with Crippen molar-refractivity contribution in [1.29, 1.82) is 0 Å². The van der Waals surface area contributed by atoms with Crippen LogP contribution in [0.25, 0.3) is 0 Å². The third kappa shape index (κ3) is 3.69. The first-order valence-electron chi connectivity index (χ1n) is 7.08. The van der Waals surface area contributed by atoms with Crippen molar-refractivity contribution >= 4 is 5.91 Å². The molecule has 2 rings (SSSR count). The number of hydrogen-bond donors (Lipinski definition) is 1. The average molecular weight is 257 g/mol. The number of benzene rings is 1. The molecule has 1 aliphatic rings. The first-order chi connectivity index (χ1) is 9.09. The third-order valence-electron chi connectivity index (χ3n) is 3.90. The summed E-state index contributed by atoms with van der Waals surface area (Å²) in [5.74, 6) is 0.366. The molecule has 1 N–H and O–H groups in total. The molecule has 0 aromatic heterocycles. The third-order valence-corrected chi connectivity index (χ3v) is 3.90. The molecule has 0 radical (unpaired) electrons. The summed E-state index contributed by atoms with van der Waals surface area (Å²) in [5.41, 5.74) is 1.24. The maximum Gasteiger partial charge on any atom is 0.223 e. The second kappa shape index (κ2) is 6.05. The fourth-order valence-corrected chi connectivity index (χ4v) is 2.48. The number of nitrogens with one attached hydrogen (secondary N) is 1. The molecule has 2 heteroatoms. The van der Waals surface area contributed by atoms with Gasteiger partial charge in [-0.05, 0) is 24.8 Å². The van der Waals surface area contributed by atoms with Crippen molar-refractivity contribution < 1.29 is 4.79 Å². The van der Waals surface area contributed by atoms with Gasteiger partial charge in [0, 0.05) is 17.9 Å². The number of carbonyl (C=O) groups excluding carboxylic acids is 1. The van der Waals surface area contributed by atoms with Crippen molar-refractivity contribution in [3.63, 3.8) is 0 Å². The average Bonchev–Trinajstić information content (AvgIpc) is 2.47. The van der Waals surface area contributed by atoms with Crippen LogP contribution in [0.2, 0.25) is 0 Å². The zero-order chi connectivity index (χ0) is 13.7. The highest BCUT2D eigenvalue weighted by Crippen LogP contribution is 2.23. The maximum atomic E-state index is 12.1. The minimum Gasteiger partial charge on any atom is -0.355 e. The van der Waals surface area contributed by atoms with E-state index < -0.39 is 0 Å². The molecular formula is C17H23NO. The Kier molecular flexibility index (Phi) is 4.41. The van der Waals surface area contributed by atoms with Crippen molar-refractivity contribution in [2.45, 2.75) is 38.5 Å². The van der Waals surface area contributed by atoms with Crippen LogP contribution in [0.4, 0.5) is 0 Å². The Morgan fingerprint density at radius 3 is 2.63 bits per heavy atom. The SMILES string of the molecule is CC(C)(CNC(=O)[C@@H]1CC=CCC1)c1ccccc1. The van der Waals surface area contributed by atoms with Gasteiger partial charge in [0.1, 0.15) is 0 Å². The summed E-state index contributed by atoms with van der Waals surface area (Å²) in [5, 5.41) is 3.12. The van der Waals surface area contributed by atoms with Crippen molar-refractivity contribution in [2.75, 3.05) is 6.54 Å². The van der Waals surface area contributed by atoms with Crippen LogP contribution in [0.1, 0.15) is 38.7 Å². The van der Waals surface area contributed by atoms with Gasteiger partial charge in [0.15, 0.2) is 0 Å². The number of allylic oxidation sites excluding steroid dienone is 2. The van der Waals surface area contributed by atoms with E-state index in [0.717, 1.165) is 19.3 Å². The van der Waals surface area contributed by atoms with Gasteiger partial charge in [0.2, 0.25) is 5.91 Å². The van der Waals surface area contributed by atoms with Crippen LogP contribution in [-0.4, -0.2) is 12.5 Å². The molecule has 1 aliphatic carbocycles. The lowest BCUT2D eigenvalue weighted by Crippen LogP contribution is -2.39. The Balaban J connectivity index is 1.90. The van der Waals surface area contributed by atoms with Gasteiger partial charge < -0.3 is 5.32 Å². The monoisotopic (exact) mass is 257 g/mol. The molecule has 1 atom stereocenters. The van der Waals surface area contributed by atoms with Crippen molar-refractivity contribution in [1.82, 2.24) is 5.32 Å². The molecule has 0 saturated heterocycles. The molecule has 1 amide bonds. The Labute approximate surface area is 115 Å². The lowest BCUT2D eigenvalue weighted by molar-refractivity contribution is -0.125. The minimum absolute atomic E-state index is 0.0264. The van der Waals surface area contributed by atoms with Crippen LogP contribution < -0.4 is 5.32 Å². The van der Waals surface area contributed by atoms with Crippen LogP contribution in [0.5, 0.6) is 0 Å². The molecule has 0 aliphatic heterocycles. The van der Waals surface area contributed by atoms with Crippen LogP contribution >= 0.6 is 0 Å². The van der Waals surface area contributed by atoms with Crippen LogP contribution in [0.3, 0.4) is 0 Å². The Hall–Kier alpha value is -1.57. The second-order valence-electron chi connectivity index (χ2n) is 5.95. The number of rotatable bonds is 4.